The number of rotatable bonds is 2. The Morgan fingerprint density at radius 3 is 2.52 bits per heavy atom. The molecule has 1 unspecified atom stereocenters. The Morgan fingerprint density at radius 1 is 1.29 bits per heavy atom. The normalized spacial score (nSPS) is 33.5. The molecule has 3 fully saturated rings. The quantitative estimate of drug-likeness (QED) is 0.883. The molecule has 114 valence electrons. The predicted molar refractivity (Wildman–Crippen MR) is 92.1 cm³/mol. The maximum Gasteiger partial charge on any atom is 0.229 e. The highest BCUT2D eigenvalue weighted by molar-refractivity contribution is 8.21. The van der Waals surface area contributed by atoms with Crippen LogP contribution in [-0.4, -0.2) is 26.5 Å². The molecule has 6 heteroatoms. The molecule has 4 rings (SSSR count). The highest BCUT2D eigenvalue weighted by Crippen LogP contribution is 2.65. The summed E-state index contributed by atoms with van der Waals surface area (Å²) in [5.74, 6) is 4.47. The zero-order valence-corrected chi connectivity index (χ0v) is 14.6. The third kappa shape index (κ3) is 2.43. The van der Waals surface area contributed by atoms with Crippen molar-refractivity contribution in [2.75, 3.05) is 16.8 Å². The number of aromatic nitrogens is 1. The lowest BCUT2D eigenvalue weighted by Crippen LogP contribution is -2.41. The van der Waals surface area contributed by atoms with E-state index < -0.39 is 0 Å². The molecule has 1 aromatic rings. The summed E-state index contributed by atoms with van der Waals surface area (Å²) in [6, 6.07) is 0. The molecule has 1 amide bonds. The van der Waals surface area contributed by atoms with Crippen LogP contribution < -0.4 is 5.32 Å². The summed E-state index contributed by atoms with van der Waals surface area (Å²) in [5, 5.41) is 5.78. The molecule has 3 aliphatic rings. The molecule has 2 bridgehead atoms. The van der Waals surface area contributed by atoms with Gasteiger partial charge in [0.1, 0.15) is 0 Å². The Morgan fingerprint density at radius 2 is 1.95 bits per heavy atom. The molecular weight excluding hydrogens is 320 g/mol. The van der Waals surface area contributed by atoms with E-state index in [9.17, 15) is 4.79 Å². The number of nitrogens with zero attached hydrogens (tertiary/aromatic N) is 1. The topological polar surface area (TPSA) is 42.0 Å². The van der Waals surface area contributed by atoms with Gasteiger partial charge in [-0.05, 0) is 44.4 Å². The molecule has 21 heavy (non-hydrogen) atoms. The number of amides is 1. The lowest BCUT2D eigenvalue weighted by Gasteiger charge is -2.42. The van der Waals surface area contributed by atoms with Gasteiger partial charge in [-0.3, -0.25) is 4.79 Å². The molecule has 3 nitrogen and oxygen atoms in total. The highest BCUT2D eigenvalue weighted by Gasteiger charge is 2.57. The van der Waals surface area contributed by atoms with E-state index in [2.05, 4.69) is 33.8 Å². The summed E-state index contributed by atoms with van der Waals surface area (Å²) in [6.07, 6.45) is 4.80. The Balaban J connectivity index is 1.45. The number of carbonyl (C=O) groups is 1. The van der Waals surface area contributed by atoms with Crippen molar-refractivity contribution in [3.8, 4) is 0 Å². The van der Waals surface area contributed by atoms with Crippen LogP contribution in [0.1, 0.15) is 31.4 Å². The zero-order chi connectivity index (χ0) is 14.4. The summed E-state index contributed by atoms with van der Waals surface area (Å²) in [6.45, 7) is 1.96. The smallest absolute Gasteiger partial charge is 0.229 e. The molecule has 3 atom stereocenters. The van der Waals surface area contributed by atoms with Crippen molar-refractivity contribution in [3.63, 3.8) is 0 Å². The van der Waals surface area contributed by atoms with Gasteiger partial charge in [0.25, 0.3) is 0 Å². The Bertz CT molecular complexity index is 537. The van der Waals surface area contributed by atoms with Crippen LogP contribution in [0.4, 0.5) is 5.13 Å². The van der Waals surface area contributed by atoms with Crippen molar-refractivity contribution in [1.29, 1.82) is 0 Å². The first kappa shape index (κ1) is 14.4. The third-order valence-electron chi connectivity index (χ3n) is 5.10. The number of carbonyl (C=O) groups excluding carboxylic acids is 1. The predicted octanol–water partition coefficient (Wildman–Crippen LogP) is 4.00. The lowest BCUT2D eigenvalue weighted by molar-refractivity contribution is -0.121. The van der Waals surface area contributed by atoms with Crippen molar-refractivity contribution in [3.05, 3.63) is 11.1 Å². The maximum atomic E-state index is 12.5. The van der Waals surface area contributed by atoms with E-state index in [0.717, 1.165) is 35.5 Å². The minimum atomic E-state index is 0.194. The van der Waals surface area contributed by atoms with Gasteiger partial charge in [0.2, 0.25) is 5.91 Å². The number of thiazole rings is 1. The molecule has 1 N–H and O–H groups in total. The van der Waals surface area contributed by atoms with Gasteiger partial charge >= 0.3 is 0 Å². The fourth-order valence-electron chi connectivity index (χ4n) is 4.23. The van der Waals surface area contributed by atoms with E-state index >= 15 is 0 Å². The summed E-state index contributed by atoms with van der Waals surface area (Å²) in [7, 11) is 0. The van der Waals surface area contributed by atoms with Crippen molar-refractivity contribution >= 4 is 45.9 Å². The summed E-state index contributed by atoms with van der Waals surface area (Å²) in [4.78, 5) is 16.9. The van der Waals surface area contributed by atoms with Gasteiger partial charge in [0.15, 0.2) is 5.13 Å². The van der Waals surface area contributed by atoms with Gasteiger partial charge in [-0.15, -0.1) is 34.9 Å². The standard InChI is InChI=1S/C15H20N2OS3/c1-9-8-19-14(16-9)17-13(18)10-6-11-2-3-12(7-10)15(11)20-4-5-21-15/h8,10-12H,2-7H2,1H3,(H,16,17,18)/t10?,11-,12+. The van der Waals surface area contributed by atoms with Gasteiger partial charge in [-0.25, -0.2) is 4.98 Å². The second kappa shape index (κ2) is 5.46. The van der Waals surface area contributed by atoms with E-state index in [-0.39, 0.29) is 11.8 Å². The average molecular weight is 341 g/mol. The Hall–Kier alpha value is -0.200. The van der Waals surface area contributed by atoms with Crippen molar-refractivity contribution in [1.82, 2.24) is 4.98 Å². The van der Waals surface area contributed by atoms with Crippen molar-refractivity contribution < 1.29 is 4.79 Å². The van der Waals surface area contributed by atoms with E-state index in [1.807, 2.05) is 12.3 Å². The fraction of sp³-hybridized carbons (Fsp3) is 0.733. The lowest BCUT2D eigenvalue weighted by atomic mass is 9.79. The summed E-state index contributed by atoms with van der Waals surface area (Å²) < 4.78 is 0.467. The van der Waals surface area contributed by atoms with Crippen LogP contribution in [0, 0.1) is 24.7 Å². The van der Waals surface area contributed by atoms with Crippen LogP contribution in [0.2, 0.25) is 0 Å². The molecule has 2 heterocycles. The number of hydrogen-bond acceptors (Lipinski definition) is 5. The molecule has 2 aliphatic carbocycles. The van der Waals surface area contributed by atoms with Crippen molar-refractivity contribution in [2.24, 2.45) is 17.8 Å². The summed E-state index contributed by atoms with van der Waals surface area (Å²) >= 11 is 5.90. The molecule has 1 saturated heterocycles. The first-order chi connectivity index (χ1) is 10.2. The second-order valence-corrected chi connectivity index (χ2v) is 10.2. The van der Waals surface area contributed by atoms with E-state index in [0.29, 0.717) is 4.08 Å². The molecule has 1 aromatic heterocycles. The molecule has 0 radical (unpaired) electrons. The molecule has 1 aliphatic heterocycles. The zero-order valence-electron chi connectivity index (χ0n) is 12.1. The number of aryl methyl sites for hydroxylation is 1. The molecular formula is C15H20N2OS3. The van der Waals surface area contributed by atoms with Crippen LogP contribution in [0.5, 0.6) is 0 Å². The highest BCUT2D eigenvalue weighted by atomic mass is 32.2. The first-order valence-corrected chi connectivity index (χ1v) is 10.5. The van der Waals surface area contributed by atoms with Crippen LogP contribution in [0.3, 0.4) is 0 Å². The minimum Gasteiger partial charge on any atom is -0.302 e. The van der Waals surface area contributed by atoms with Gasteiger partial charge < -0.3 is 5.32 Å². The minimum absolute atomic E-state index is 0.194. The van der Waals surface area contributed by atoms with Crippen molar-refractivity contribution in [2.45, 2.75) is 36.7 Å². The SMILES string of the molecule is Cc1csc(NC(=O)C2C[C@H]3CC[C@@H](C2)C32SCCS2)n1. The van der Waals surface area contributed by atoms with Crippen LogP contribution in [0.25, 0.3) is 0 Å². The second-order valence-electron chi connectivity index (χ2n) is 6.34. The van der Waals surface area contributed by atoms with Crippen LogP contribution in [-0.2, 0) is 4.79 Å². The number of nitrogens with one attached hydrogen (secondary N) is 1. The first-order valence-electron chi connectivity index (χ1n) is 7.68. The van der Waals surface area contributed by atoms with E-state index in [4.69, 9.17) is 0 Å². The van der Waals surface area contributed by atoms with E-state index in [1.165, 1.54) is 35.7 Å². The third-order valence-corrected chi connectivity index (χ3v) is 9.99. The molecule has 2 saturated carbocycles. The number of anilines is 1. The van der Waals surface area contributed by atoms with Gasteiger partial charge in [-0.2, -0.15) is 0 Å². The van der Waals surface area contributed by atoms with Crippen LogP contribution in [0.15, 0.2) is 5.38 Å². The Labute approximate surface area is 138 Å². The molecule has 1 spiro atoms. The summed E-state index contributed by atoms with van der Waals surface area (Å²) in [5.41, 5.74) is 0.983. The van der Waals surface area contributed by atoms with E-state index in [1.54, 1.807) is 0 Å². The van der Waals surface area contributed by atoms with Crippen LogP contribution >= 0.6 is 34.9 Å². The maximum absolute atomic E-state index is 12.5. The number of thioether (sulfide) groups is 2. The van der Waals surface area contributed by atoms with Gasteiger partial charge in [0, 0.05) is 22.8 Å². The number of hydrogen-bond donors (Lipinski definition) is 1. The Kier molecular flexibility index (Phi) is 3.74. The molecule has 0 aromatic carbocycles. The van der Waals surface area contributed by atoms with Gasteiger partial charge in [-0.1, -0.05) is 0 Å². The van der Waals surface area contributed by atoms with Gasteiger partial charge in [0.05, 0.1) is 9.77 Å². The average Bonchev–Trinajstić information content (AvgIpc) is 3.13. The fourth-order valence-corrected chi connectivity index (χ4v) is 8.86. The monoisotopic (exact) mass is 340 g/mol. The largest absolute Gasteiger partial charge is 0.302 e.